The summed E-state index contributed by atoms with van der Waals surface area (Å²) in [6.07, 6.45) is 1.94. The average Bonchev–Trinajstić information content (AvgIpc) is 2.98. The molecule has 0 aliphatic carbocycles. The minimum Gasteiger partial charge on any atom is -0.394 e. The molecule has 0 saturated carbocycles. The Morgan fingerprint density at radius 1 is 1.67 bits per heavy atom. The van der Waals surface area contributed by atoms with E-state index in [-0.39, 0.29) is 18.6 Å². The van der Waals surface area contributed by atoms with Gasteiger partial charge in [-0.05, 0) is 13.0 Å². The molecule has 5 nitrogen and oxygen atoms in total. The van der Waals surface area contributed by atoms with E-state index >= 15 is 0 Å². The highest BCUT2D eigenvalue weighted by atomic mass is 32.1. The summed E-state index contributed by atoms with van der Waals surface area (Å²) in [6.45, 7) is 1.69. The molecule has 2 N–H and O–H groups in total. The van der Waals surface area contributed by atoms with Gasteiger partial charge in [-0.25, -0.2) is 4.98 Å². The lowest BCUT2D eigenvalue weighted by Crippen LogP contribution is -2.34. The molecule has 0 fully saturated rings. The van der Waals surface area contributed by atoms with Gasteiger partial charge in [0.05, 0.1) is 17.0 Å². The molecule has 94 valence electrons. The molecular formula is C11H11N3O2S2. The van der Waals surface area contributed by atoms with Gasteiger partial charge in [0.15, 0.2) is 4.96 Å². The van der Waals surface area contributed by atoms with Crippen LogP contribution in [0.5, 0.6) is 0 Å². The van der Waals surface area contributed by atoms with E-state index in [9.17, 15) is 4.79 Å². The molecule has 3 heterocycles. The van der Waals surface area contributed by atoms with Crippen molar-refractivity contribution in [3.8, 4) is 0 Å². The van der Waals surface area contributed by atoms with Crippen molar-refractivity contribution in [3.63, 3.8) is 0 Å². The lowest BCUT2D eigenvalue weighted by atomic mass is 10.3. The standard InChI is InChI=1S/C11H11N3O2S2/c1-6(5-15)12-9(16)8-4-7-10(18-8)13-11-14(7)2-3-17-11/h2-4,6,15H,5H2,1H3,(H,12,16). The molecule has 1 unspecified atom stereocenters. The van der Waals surface area contributed by atoms with Crippen molar-refractivity contribution in [2.24, 2.45) is 0 Å². The number of hydrogen-bond acceptors (Lipinski definition) is 5. The first kappa shape index (κ1) is 11.6. The fraction of sp³-hybridized carbons (Fsp3) is 0.273. The molecule has 0 spiro atoms. The van der Waals surface area contributed by atoms with Gasteiger partial charge in [0.25, 0.3) is 5.91 Å². The van der Waals surface area contributed by atoms with E-state index in [1.165, 1.54) is 11.3 Å². The Hall–Kier alpha value is -1.44. The number of rotatable bonds is 3. The lowest BCUT2D eigenvalue weighted by molar-refractivity contribution is 0.0926. The minimum atomic E-state index is -0.240. The summed E-state index contributed by atoms with van der Waals surface area (Å²) < 4.78 is 1.97. The number of hydrogen-bond donors (Lipinski definition) is 2. The van der Waals surface area contributed by atoms with E-state index in [0.717, 1.165) is 15.3 Å². The Labute approximate surface area is 111 Å². The summed E-state index contributed by atoms with van der Waals surface area (Å²) in [4.78, 5) is 18.8. The van der Waals surface area contributed by atoms with Crippen LogP contribution in [0.4, 0.5) is 0 Å². The van der Waals surface area contributed by atoms with E-state index in [2.05, 4.69) is 10.3 Å². The second kappa shape index (κ2) is 4.34. The quantitative estimate of drug-likeness (QED) is 0.768. The maximum absolute atomic E-state index is 11.9. The van der Waals surface area contributed by atoms with Gasteiger partial charge in [-0.1, -0.05) is 0 Å². The van der Waals surface area contributed by atoms with E-state index < -0.39 is 0 Å². The maximum Gasteiger partial charge on any atom is 0.261 e. The van der Waals surface area contributed by atoms with Crippen LogP contribution in [-0.4, -0.2) is 33.0 Å². The Bertz CT molecular complexity index is 712. The predicted molar refractivity (Wildman–Crippen MR) is 72.5 cm³/mol. The fourth-order valence-electron chi connectivity index (χ4n) is 1.70. The van der Waals surface area contributed by atoms with Crippen LogP contribution >= 0.6 is 22.7 Å². The molecule has 3 aromatic rings. The molecule has 1 amide bonds. The highest BCUT2D eigenvalue weighted by Crippen LogP contribution is 2.28. The Morgan fingerprint density at radius 2 is 2.50 bits per heavy atom. The number of thiophene rings is 1. The number of thiazole rings is 1. The Balaban J connectivity index is 1.97. The molecule has 0 saturated heterocycles. The van der Waals surface area contributed by atoms with Crippen LogP contribution in [0.2, 0.25) is 0 Å². The van der Waals surface area contributed by atoms with E-state index in [1.807, 2.05) is 22.0 Å². The number of nitrogens with one attached hydrogen (secondary N) is 1. The van der Waals surface area contributed by atoms with Crippen LogP contribution in [0.3, 0.4) is 0 Å². The molecule has 18 heavy (non-hydrogen) atoms. The summed E-state index contributed by atoms with van der Waals surface area (Å²) >= 11 is 2.94. The van der Waals surface area contributed by atoms with Crippen molar-refractivity contribution in [1.29, 1.82) is 0 Å². The number of carbonyl (C=O) groups is 1. The van der Waals surface area contributed by atoms with Crippen LogP contribution < -0.4 is 5.32 Å². The summed E-state index contributed by atoms with van der Waals surface area (Å²) in [5, 5.41) is 13.6. The van der Waals surface area contributed by atoms with Crippen molar-refractivity contribution < 1.29 is 9.90 Å². The van der Waals surface area contributed by atoms with E-state index in [0.29, 0.717) is 4.88 Å². The molecule has 1 atom stereocenters. The second-order valence-corrected chi connectivity index (χ2v) is 5.93. The van der Waals surface area contributed by atoms with Gasteiger partial charge in [0.1, 0.15) is 4.83 Å². The normalized spacial score (nSPS) is 13.2. The molecule has 3 aromatic heterocycles. The predicted octanol–water partition coefficient (Wildman–Crippen LogP) is 1.72. The lowest BCUT2D eigenvalue weighted by Gasteiger charge is -2.08. The zero-order valence-electron chi connectivity index (χ0n) is 9.58. The third kappa shape index (κ3) is 1.80. The number of amides is 1. The monoisotopic (exact) mass is 281 g/mol. The first-order chi connectivity index (χ1) is 8.69. The first-order valence-corrected chi connectivity index (χ1v) is 7.15. The van der Waals surface area contributed by atoms with Crippen LogP contribution in [0.25, 0.3) is 15.3 Å². The van der Waals surface area contributed by atoms with Crippen molar-refractivity contribution >= 4 is 43.9 Å². The molecule has 3 rings (SSSR count). The number of imidazole rings is 1. The van der Waals surface area contributed by atoms with Gasteiger partial charge >= 0.3 is 0 Å². The highest BCUT2D eigenvalue weighted by Gasteiger charge is 2.16. The minimum absolute atomic E-state index is 0.0648. The molecule has 0 bridgehead atoms. The zero-order valence-corrected chi connectivity index (χ0v) is 11.2. The third-order valence-corrected chi connectivity index (χ3v) is 4.39. The van der Waals surface area contributed by atoms with Gasteiger partial charge in [-0.2, -0.15) is 0 Å². The topological polar surface area (TPSA) is 66.6 Å². The molecule has 0 radical (unpaired) electrons. The second-order valence-electron chi connectivity index (χ2n) is 4.03. The van der Waals surface area contributed by atoms with Gasteiger partial charge in [-0.3, -0.25) is 9.20 Å². The summed E-state index contributed by atoms with van der Waals surface area (Å²) in [7, 11) is 0. The molecule has 7 heteroatoms. The first-order valence-electron chi connectivity index (χ1n) is 5.46. The molecule has 0 aromatic carbocycles. The summed E-state index contributed by atoms with van der Waals surface area (Å²) in [5.41, 5.74) is 0.957. The van der Waals surface area contributed by atoms with Crippen LogP contribution in [-0.2, 0) is 0 Å². The number of aliphatic hydroxyl groups excluding tert-OH is 1. The zero-order chi connectivity index (χ0) is 12.7. The Morgan fingerprint density at radius 3 is 3.28 bits per heavy atom. The number of carbonyl (C=O) groups excluding carboxylic acids is 1. The van der Waals surface area contributed by atoms with Crippen molar-refractivity contribution in [2.75, 3.05) is 6.61 Å². The smallest absolute Gasteiger partial charge is 0.261 e. The molecule has 0 aliphatic rings. The number of nitrogens with zero attached hydrogens (tertiary/aromatic N) is 2. The van der Waals surface area contributed by atoms with Crippen molar-refractivity contribution in [1.82, 2.24) is 14.7 Å². The SMILES string of the molecule is CC(CO)NC(=O)c1cc2c(nc3sccn32)s1. The van der Waals surface area contributed by atoms with Gasteiger partial charge < -0.3 is 10.4 Å². The highest BCUT2D eigenvalue weighted by molar-refractivity contribution is 7.21. The van der Waals surface area contributed by atoms with Crippen LogP contribution in [0, 0.1) is 0 Å². The number of aliphatic hydroxyl groups is 1. The largest absolute Gasteiger partial charge is 0.394 e. The molecular weight excluding hydrogens is 270 g/mol. The maximum atomic E-state index is 11.9. The van der Waals surface area contributed by atoms with Gasteiger partial charge in [0.2, 0.25) is 0 Å². The van der Waals surface area contributed by atoms with E-state index in [1.54, 1.807) is 18.3 Å². The average molecular weight is 281 g/mol. The van der Waals surface area contributed by atoms with Gasteiger partial charge in [0, 0.05) is 17.6 Å². The fourth-order valence-corrected chi connectivity index (χ4v) is 3.40. The van der Waals surface area contributed by atoms with Gasteiger partial charge in [-0.15, -0.1) is 22.7 Å². The summed E-state index contributed by atoms with van der Waals surface area (Å²) in [6, 6.07) is 1.60. The number of fused-ring (bicyclic) bond motifs is 3. The van der Waals surface area contributed by atoms with Crippen molar-refractivity contribution in [3.05, 3.63) is 22.5 Å². The van der Waals surface area contributed by atoms with Crippen molar-refractivity contribution in [2.45, 2.75) is 13.0 Å². The summed E-state index contributed by atoms with van der Waals surface area (Å²) in [5.74, 6) is -0.163. The Kier molecular flexibility index (Phi) is 2.81. The van der Waals surface area contributed by atoms with Crippen LogP contribution in [0.1, 0.15) is 16.6 Å². The number of aromatic nitrogens is 2. The van der Waals surface area contributed by atoms with Crippen LogP contribution in [0.15, 0.2) is 17.6 Å². The van der Waals surface area contributed by atoms with E-state index in [4.69, 9.17) is 5.11 Å². The molecule has 0 aliphatic heterocycles. The third-order valence-electron chi connectivity index (χ3n) is 2.61.